The summed E-state index contributed by atoms with van der Waals surface area (Å²) in [5.74, 6) is 0. The van der Waals surface area contributed by atoms with Gasteiger partial charge in [0, 0.05) is 6.61 Å². The van der Waals surface area contributed by atoms with Gasteiger partial charge in [-0.2, -0.15) is 0 Å². The Morgan fingerprint density at radius 2 is 2.06 bits per heavy atom. The number of ether oxygens (including phenoxy) is 2. The Labute approximate surface area is 95.0 Å². The fourth-order valence-electron chi connectivity index (χ4n) is 1.67. The molecule has 1 rings (SSSR count). The third kappa shape index (κ3) is 3.13. The first-order valence-electron chi connectivity index (χ1n) is 5.61. The van der Waals surface area contributed by atoms with Gasteiger partial charge in [-0.3, -0.25) is 0 Å². The van der Waals surface area contributed by atoms with E-state index in [2.05, 4.69) is 0 Å². The summed E-state index contributed by atoms with van der Waals surface area (Å²) in [7, 11) is 0. The van der Waals surface area contributed by atoms with Crippen LogP contribution in [0.5, 0.6) is 0 Å². The van der Waals surface area contributed by atoms with Gasteiger partial charge in [0.25, 0.3) is 0 Å². The van der Waals surface area contributed by atoms with Crippen LogP contribution < -0.4 is 5.73 Å². The van der Waals surface area contributed by atoms with Crippen LogP contribution in [0.15, 0.2) is 0 Å². The first-order valence-corrected chi connectivity index (χ1v) is 5.61. The van der Waals surface area contributed by atoms with E-state index in [1.807, 2.05) is 6.92 Å². The van der Waals surface area contributed by atoms with Crippen molar-refractivity contribution >= 4 is 0 Å². The molecule has 6 nitrogen and oxygen atoms in total. The average molecular weight is 235 g/mol. The van der Waals surface area contributed by atoms with E-state index >= 15 is 0 Å². The van der Waals surface area contributed by atoms with Gasteiger partial charge in [0.15, 0.2) is 6.29 Å². The molecule has 0 aliphatic carbocycles. The van der Waals surface area contributed by atoms with Gasteiger partial charge in [-0.1, -0.05) is 13.3 Å². The molecule has 1 heterocycles. The lowest BCUT2D eigenvalue weighted by molar-refractivity contribution is -0.258. The first-order chi connectivity index (χ1) is 7.61. The van der Waals surface area contributed by atoms with Gasteiger partial charge in [-0.05, 0) is 6.42 Å². The lowest BCUT2D eigenvalue weighted by atomic mass is 9.97. The van der Waals surface area contributed by atoms with Crippen molar-refractivity contribution in [1.82, 2.24) is 0 Å². The number of hydrogen-bond acceptors (Lipinski definition) is 6. The van der Waals surface area contributed by atoms with Crippen LogP contribution in [0, 0.1) is 0 Å². The maximum Gasteiger partial charge on any atom is 0.173 e. The fourth-order valence-corrected chi connectivity index (χ4v) is 1.67. The van der Waals surface area contributed by atoms with Gasteiger partial charge >= 0.3 is 0 Å². The van der Waals surface area contributed by atoms with Crippen LogP contribution in [0.4, 0.5) is 0 Å². The number of aliphatic hydroxyl groups excluding tert-OH is 3. The molecular weight excluding hydrogens is 214 g/mol. The lowest BCUT2D eigenvalue weighted by Crippen LogP contribution is -2.62. The maximum absolute atomic E-state index is 9.81. The molecule has 6 heteroatoms. The normalized spacial score (nSPS) is 39.9. The van der Waals surface area contributed by atoms with Gasteiger partial charge < -0.3 is 30.5 Å². The SMILES string of the molecule is CCCCO[C@H]1C(CO)O[C@@H](O)[C@@H](N)C1O. The molecule has 0 aromatic rings. The molecule has 0 bridgehead atoms. The van der Waals surface area contributed by atoms with Crippen LogP contribution in [0.2, 0.25) is 0 Å². The minimum Gasteiger partial charge on any atom is -0.394 e. The van der Waals surface area contributed by atoms with E-state index in [1.54, 1.807) is 0 Å². The summed E-state index contributed by atoms with van der Waals surface area (Å²) in [5.41, 5.74) is 5.55. The molecule has 2 unspecified atom stereocenters. The Morgan fingerprint density at radius 1 is 1.38 bits per heavy atom. The molecule has 5 N–H and O–H groups in total. The molecule has 1 aliphatic rings. The minimum absolute atomic E-state index is 0.322. The number of hydrogen-bond donors (Lipinski definition) is 4. The molecular formula is C10H21NO5. The van der Waals surface area contributed by atoms with Crippen molar-refractivity contribution in [2.24, 2.45) is 5.73 Å². The van der Waals surface area contributed by atoms with E-state index in [-0.39, 0.29) is 6.61 Å². The highest BCUT2D eigenvalue weighted by Gasteiger charge is 2.43. The van der Waals surface area contributed by atoms with E-state index in [4.69, 9.17) is 20.3 Å². The Hall–Kier alpha value is -0.240. The largest absolute Gasteiger partial charge is 0.394 e. The van der Waals surface area contributed by atoms with Gasteiger partial charge in [-0.15, -0.1) is 0 Å². The number of nitrogens with two attached hydrogens (primary N) is 1. The molecule has 0 aromatic heterocycles. The van der Waals surface area contributed by atoms with E-state index in [0.717, 1.165) is 12.8 Å². The van der Waals surface area contributed by atoms with Gasteiger partial charge in [-0.25, -0.2) is 0 Å². The molecule has 16 heavy (non-hydrogen) atoms. The quantitative estimate of drug-likeness (QED) is 0.435. The van der Waals surface area contributed by atoms with Gasteiger partial charge in [0.2, 0.25) is 0 Å². The van der Waals surface area contributed by atoms with Crippen LogP contribution in [0.25, 0.3) is 0 Å². The summed E-state index contributed by atoms with van der Waals surface area (Å²) in [5, 5.41) is 28.2. The predicted molar refractivity (Wildman–Crippen MR) is 56.6 cm³/mol. The van der Waals surface area contributed by atoms with E-state index in [0.29, 0.717) is 6.61 Å². The molecule has 0 amide bonds. The van der Waals surface area contributed by atoms with Crippen molar-refractivity contribution in [2.75, 3.05) is 13.2 Å². The third-order valence-electron chi connectivity index (χ3n) is 2.73. The maximum atomic E-state index is 9.81. The van der Waals surface area contributed by atoms with E-state index in [9.17, 15) is 10.2 Å². The molecule has 1 aliphatic heterocycles. The molecule has 0 radical (unpaired) electrons. The summed E-state index contributed by atoms with van der Waals surface area (Å²) < 4.78 is 10.5. The number of rotatable bonds is 5. The third-order valence-corrected chi connectivity index (χ3v) is 2.73. The lowest BCUT2D eigenvalue weighted by Gasteiger charge is -2.40. The van der Waals surface area contributed by atoms with E-state index in [1.165, 1.54) is 0 Å². The van der Waals surface area contributed by atoms with Crippen molar-refractivity contribution in [1.29, 1.82) is 0 Å². The zero-order valence-electron chi connectivity index (χ0n) is 9.45. The van der Waals surface area contributed by atoms with Crippen molar-refractivity contribution in [3.63, 3.8) is 0 Å². The minimum atomic E-state index is -1.27. The van der Waals surface area contributed by atoms with Gasteiger partial charge in [0.1, 0.15) is 18.3 Å². The summed E-state index contributed by atoms with van der Waals surface area (Å²) in [6, 6.07) is -0.908. The standard InChI is InChI=1S/C10H21NO5/c1-2-3-4-15-9-6(5-12)16-10(14)7(11)8(9)13/h6-10,12-14H,2-5,11H2,1H3/t6?,7-,8?,9-,10+/m0/s1. The Kier molecular flexibility index (Phi) is 5.60. The molecule has 1 saturated heterocycles. The first kappa shape index (κ1) is 13.8. The van der Waals surface area contributed by atoms with Crippen LogP contribution in [0.1, 0.15) is 19.8 Å². The Morgan fingerprint density at radius 3 is 2.62 bits per heavy atom. The summed E-state index contributed by atoms with van der Waals surface area (Å²) in [6.07, 6.45) is -1.88. The summed E-state index contributed by atoms with van der Waals surface area (Å²) >= 11 is 0. The van der Waals surface area contributed by atoms with Crippen molar-refractivity contribution in [3.05, 3.63) is 0 Å². The number of aliphatic hydroxyl groups is 3. The molecule has 0 spiro atoms. The fraction of sp³-hybridized carbons (Fsp3) is 1.00. The highest BCUT2D eigenvalue weighted by atomic mass is 16.6. The number of unbranched alkanes of at least 4 members (excludes halogenated alkanes) is 1. The molecule has 0 aromatic carbocycles. The molecule has 96 valence electrons. The molecule has 1 fully saturated rings. The van der Waals surface area contributed by atoms with Crippen LogP contribution in [0.3, 0.4) is 0 Å². The van der Waals surface area contributed by atoms with Crippen molar-refractivity contribution in [2.45, 2.75) is 50.4 Å². The summed E-state index contributed by atoms with van der Waals surface area (Å²) in [6.45, 7) is 2.18. The highest BCUT2D eigenvalue weighted by Crippen LogP contribution is 2.21. The van der Waals surface area contributed by atoms with Gasteiger partial charge in [0.05, 0.1) is 12.6 Å². The predicted octanol–water partition coefficient (Wildman–Crippen LogP) is -1.43. The Bertz CT molecular complexity index is 202. The topological polar surface area (TPSA) is 105 Å². The smallest absolute Gasteiger partial charge is 0.173 e. The van der Waals surface area contributed by atoms with Crippen LogP contribution in [-0.2, 0) is 9.47 Å². The van der Waals surface area contributed by atoms with Crippen LogP contribution >= 0.6 is 0 Å². The monoisotopic (exact) mass is 235 g/mol. The second kappa shape index (κ2) is 6.48. The Balaban J connectivity index is 2.55. The zero-order valence-corrected chi connectivity index (χ0v) is 9.45. The molecule has 5 atom stereocenters. The van der Waals surface area contributed by atoms with Crippen molar-refractivity contribution in [3.8, 4) is 0 Å². The van der Waals surface area contributed by atoms with E-state index < -0.39 is 30.6 Å². The van der Waals surface area contributed by atoms with Crippen molar-refractivity contribution < 1.29 is 24.8 Å². The average Bonchev–Trinajstić information content (AvgIpc) is 2.29. The summed E-state index contributed by atoms with van der Waals surface area (Å²) in [4.78, 5) is 0. The molecule has 0 saturated carbocycles. The van der Waals surface area contributed by atoms with Crippen LogP contribution in [-0.4, -0.2) is 59.2 Å². The zero-order chi connectivity index (χ0) is 12.1. The highest BCUT2D eigenvalue weighted by molar-refractivity contribution is 4.91. The second-order valence-electron chi connectivity index (χ2n) is 4.00. The second-order valence-corrected chi connectivity index (χ2v) is 4.00.